The topological polar surface area (TPSA) is 128 Å². The molecule has 10 heteroatoms. The van der Waals surface area contributed by atoms with E-state index in [2.05, 4.69) is 40.0 Å². The van der Waals surface area contributed by atoms with Crippen molar-refractivity contribution in [1.82, 2.24) is 20.2 Å². The fraction of sp³-hybridized carbons (Fsp3) is 0.238. The van der Waals surface area contributed by atoms with E-state index in [0.29, 0.717) is 11.6 Å². The fourth-order valence-electron chi connectivity index (χ4n) is 2.72. The maximum absolute atomic E-state index is 12.4. The van der Waals surface area contributed by atoms with Crippen LogP contribution < -0.4 is 10.6 Å². The summed E-state index contributed by atoms with van der Waals surface area (Å²) in [6.45, 7) is 3.59. The Morgan fingerprint density at radius 1 is 1.00 bits per heavy atom. The van der Waals surface area contributed by atoms with Crippen LogP contribution in [0.3, 0.4) is 0 Å². The molecule has 2 aromatic carbocycles. The molecule has 0 bridgehead atoms. The standard InChI is InChI=1S/C21H22N6O4/c1-14(2)15-7-9-16(10-8-15)23-20(29)12-31-21(30)17-5-3-4-6-18(17)24-19(28)11-27-13-22-25-26-27/h3-10,13-14H,11-12H2,1-2H3,(H,23,29)(H,24,28). The van der Waals surface area contributed by atoms with Gasteiger partial charge in [0, 0.05) is 5.69 Å². The number of nitrogens with zero attached hydrogens (tertiary/aromatic N) is 4. The SMILES string of the molecule is CC(C)c1ccc(NC(=O)COC(=O)c2ccccc2NC(=O)Cn2cnnn2)cc1. The first-order valence-electron chi connectivity index (χ1n) is 9.59. The lowest BCUT2D eigenvalue weighted by Crippen LogP contribution is -2.23. The lowest BCUT2D eigenvalue weighted by molar-refractivity contribution is -0.119. The van der Waals surface area contributed by atoms with Crippen LogP contribution in [0.1, 0.15) is 35.7 Å². The van der Waals surface area contributed by atoms with Crippen molar-refractivity contribution >= 4 is 29.2 Å². The van der Waals surface area contributed by atoms with Gasteiger partial charge in [-0.3, -0.25) is 9.59 Å². The summed E-state index contributed by atoms with van der Waals surface area (Å²) < 4.78 is 6.36. The molecular weight excluding hydrogens is 400 g/mol. The summed E-state index contributed by atoms with van der Waals surface area (Å²) >= 11 is 0. The minimum Gasteiger partial charge on any atom is -0.452 e. The molecule has 0 atom stereocenters. The van der Waals surface area contributed by atoms with Gasteiger partial charge < -0.3 is 15.4 Å². The maximum Gasteiger partial charge on any atom is 0.340 e. The van der Waals surface area contributed by atoms with Crippen LogP contribution in [0.25, 0.3) is 0 Å². The highest BCUT2D eigenvalue weighted by atomic mass is 16.5. The number of hydrogen-bond acceptors (Lipinski definition) is 7. The van der Waals surface area contributed by atoms with E-state index >= 15 is 0 Å². The van der Waals surface area contributed by atoms with Crippen LogP contribution in [0.2, 0.25) is 0 Å². The molecule has 3 rings (SSSR count). The van der Waals surface area contributed by atoms with Gasteiger partial charge in [-0.2, -0.15) is 0 Å². The predicted octanol–water partition coefficient (Wildman–Crippen LogP) is 2.23. The van der Waals surface area contributed by atoms with Gasteiger partial charge in [-0.25, -0.2) is 9.48 Å². The summed E-state index contributed by atoms with van der Waals surface area (Å²) in [5.41, 5.74) is 2.15. The van der Waals surface area contributed by atoms with E-state index in [-0.39, 0.29) is 17.8 Å². The van der Waals surface area contributed by atoms with Crippen molar-refractivity contribution in [1.29, 1.82) is 0 Å². The Bertz CT molecular complexity index is 1050. The van der Waals surface area contributed by atoms with Gasteiger partial charge in [-0.05, 0) is 46.2 Å². The molecule has 0 aliphatic rings. The van der Waals surface area contributed by atoms with Gasteiger partial charge in [0.1, 0.15) is 12.9 Å². The molecule has 0 aliphatic heterocycles. The summed E-state index contributed by atoms with van der Waals surface area (Å²) in [6, 6.07) is 13.8. The van der Waals surface area contributed by atoms with Crippen molar-refractivity contribution in [2.24, 2.45) is 0 Å². The number of tetrazole rings is 1. The molecule has 3 aromatic rings. The van der Waals surface area contributed by atoms with E-state index in [1.165, 1.54) is 17.1 Å². The van der Waals surface area contributed by atoms with Gasteiger partial charge >= 0.3 is 5.97 Å². The zero-order chi connectivity index (χ0) is 22.2. The number of carbonyl (C=O) groups is 3. The number of amides is 2. The van der Waals surface area contributed by atoms with Gasteiger partial charge in [0.2, 0.25) is 5.91 Å². The monoisotopic (exact) mass is 422 g/mol. The number of anilines is 2. The Kier molecular flexibility index (Phi) is 7.05. The summed E-state index contributed by atoms with van der Waals surface area (Å²) in [5, 5.41) is 15.8. The van der Waals surface area contributed by atoms with Crippen LogP contribution in [0.5, 0.6) is 0 Å². The van der Waals surface area contributed by atoms with Crippen molar-refractivity contribution in [2.45, 2.75) is 26.3 Å². The quantitative estimate of drug-likeness (QED) is 0.533. The Morgan fingerprint density at radius 3 is 2.42 bits per heavy atom. The molecule has 0 radical (unpaired) electrons. The molecule has 1 aromatic heterocycles. The maximum atomic E-state index is 12.4. The third-order valence-corrected chi connectivity index (χ3v) is 4.31. The number of nitrogens with one attached hydrogen (secondary N) is 2. The number of esters is 1. The Hall–Kier alpha value is -4.08. The second-order valence-electron chi connectivity index (χ2n) is 7.00. The van der Waals surface area contributed by atoms with E-state index < -0.39 is 24.4 Å². The Balaban J connectivity index is 1.55. The molecule has 2 N–H and O–H groups in total. The van der Waals surface area contributed by atoms with E-state index in [1.807, 2.05) is 12.1 Å². The van der Waals surface area contributed by atoms with Crippen LogP contribution in [-0.4, -0.2) is 44.6 Å². The summed E-state index contributed by atoms with van der Waals surface area (Å²) in [5.74, 6) is -1.23. The van der Waals surface area contributed by atoms with Crippen LogP contribution in [0, 0.1) is 0 Å². The van der Waals surface area contributed by atoms with Crippen molar-refractivity contribution in [3.05, 3.63) is 66.0 Å². The lowest BCUT2D eigenvalue weighted by Gasteiger charge is -2.11. The summed E-state index contributed by atoms with van der Waals surface area (Å²) in [7, 11) is 0. The first-order valence-corrected chi connectivity index (χ1v) is 9.59. The Morgan fingerprint density at radius 2 is 1.74 bits per heavy atom. The van der Waals surface area contributed by atoms with Gasteiger partial charge in [0.05, 0.1) is 11.3 Å². The average Bonchev–Trinajstić information content (AvgIpc) is 3.25. The first-order chi connectivity index (χ1) is 14.9. The molecule has 2 amide bonds. The third kappa shape index (κ3) is 6.20. The van der Waals surface area contributed by atoms with E-state index in [1.54, 1.807) is 30.3 Å². The minimum atomic E-state index is -0.733. The normalized spacial score (nSPS) is 10.5. The van der Waals surface area contributed by atoms with Crippen LogP contribution in [0.4, 0.5) is 11.4 Å². The summed E-state index contributed by atoms with van der Waals surface area (Å²) in [6.07, 6.45) is 1.30. The smallest absolute Gasteiger partial charge is 0.340 e. The van der Waals surface area contributed by atoms with E-state index in [0.717, 1.165) is 5.56 Å². The zero-order valence-electron chi connectivity index (χ0n) is 17.1. The highest BCUT2D eigenvalue weighted by molar-refractivity contribution is 6.02. The third-order valence-electron chi connectivity index (χ3n) is 4.31. The summed E-state index contributed by atoms with van der Waals surface area (Å²) in [4.78, 5) is 36.7. The fourth-order valence-corrected chi connectivity index (χ4v) is 2.72. The van der Waals surface area contributed by atoms with Crippen molar-refractivity contribution in [2.75, 3.05) is 17.2 Å². The molecule has 160 valence electrons. The highest BCUT2D eigenvalue weighted by Gasteiger charge is 2.16. The zero-order valence-corrected chi connectivity index (χ0v) is 17.1. The van der Waals surface area contributed by atoms with E-state index in [9.17, 15) is 14.4 Å². The second-order valence-corrected chi connectivity index (χ2v) is 7.00. The predicted molar refractivity (Wildman–Crippen MR) is 112 cm³/mol. The molecule has 0 aliphatic carbocycles. The van der Waals surface area contributed by atoms with Gasteiger partial charge in [-0.1, -0.05) is 38.1 Å². The van der Waals surface area contributed by atoms with Crippen molar-refractivity contribution in [3.63, 3.8) is 0 Å². The van der Waals surface area contributed by atoms with E-state index in [4.69, 9.17) is 4.74 Å². The molecule has 0 unspecified atom stereocenters. The average molecular weight is 422 g/mol. The number of carbonyl (C=O) groups excluding carboxylic acids is 3. The van der Waals surface area contributed by atoms with Gasteiger partial charge in [-0.15, -0.1) is 5.10 Å². The second kappa shape index (κ2) is 10.1. The number of para-hydroxylation sites is 1. The van der Waals surface area contributed by atoms with Crippen LogP contribution >= 0.6 is 0 Å². The molecule has 10 nitrogen and oxygen atoms in total. The lowest BCUT2D eigenvalue weighted by atomic mass is 10.0. The minimum absolute atomic E-state index is 0.117. The number of ether oxygens (including phenoxy) is 1. The number of rotatable bonds is 8. The molecule has 0 saturated carbocycles. The van der Waals surface area contributed by atoms with Gasteiger partial charge in [0.15, 0.2) is 6.61 Å². The number of aromatic nitrogens is 4. The van der Waals surface area contributed by atoms with Crippen molar-refractivity contribution < 1.29 is 19.1 Å². The molecule has 31 heavy (non-hydrogen) atoms. The van der Waals surface area contributed by atoms with Gasteiger partial charge in [0.25, 0.3) is 5.91 Å². The highest BCUT2D eigenvalue weighted by Crippen LogP contribution is 2.18. The first kappa shape index (κ1) is 21.6. The Labute approximate surface area is 178 Å². The number of hydrogen-bond donors (Lipinski definition) is 2. The number of benzene rings is 2. The molecular formula is C21H22N6O4. The molecule has 0 spiro atoms. The van der Waals surface area contributed by atoms with Crippen LogP contribution in [0.15, 0.2) is 54.9 Å². The van der Waals surface area contributed by atoms with Crippen molar-refractivity contribution in [3.8, 4) is 0 Å². The largest absolute Gasteiger partial charge is 0.452 e. The molecule has 1 heterocycles. The molecule has 0 fully saturated rings. The molecule has 0 saturated heterocycles. The van der Waals surface area contributed by atoms with Crippen LogP contribution in [-0.2, 0) is 20.9 Å².